The Morgan fingerprint density at radius 2 is 0.761 bits per heavy atom. The summed E-state index contributed by atoms with van der Waals surface area (Å²) in [5.41, 5.74) is 0. The Labute approximate surface area is 417 Å². The van der Waals surface area contributed by atoms with Crippen molar-refractivity contribution in [1.82, 2.24) is 5.32 Å². The summed E-state index contributed by atoms with van der Waals surface area (Å²) in [5, 5.41) is 23.9. The molecule has 0 aliphatic heterocycles. The molecule has 0 bridgehead atoms. The van der Waals surface area contributed by atoms with Crippen molar-refractivity contribution in [1.29, 1.82) is 0 Å². The van der Waals surface area contributed by atoms with Crippen LogP contribution in [-0.4, -0.2) is 46.9 Å². The van der Waals surface area contributed by atoms with E-state index >= 15 is 0 Å². The van der Waals surface area contributed by atoms with Gasteiger partial charge in [0, 0.05) is 6.42 Å². The number of esters is 1. The van der Waals surface area contributed by atoms with E-state index in [9.17, 15) is 19.8 Å². The van der Waals surface area contributed by atoms with Crippen LogP contribution in [-0.2, 0) is 14.3 Å². The standard InChI is InChI=1S/C61H115NO5/c1-4-7-10-13-16-19-22-25-28-29-30-31-33-36-39-42-45-48-51-54-61(66)67-57(52-49-46-43-40-37-34-27-24-21-18-15-12-9-6-3)55-60(65)62-58(56-63)59(64)53-50-47-44-41-38-35-32-26-23-20-17-14-11-8-5-2/h16,19,25,28,34,37,57-59,63-64H,4-15,17-18,20-24,26-27,29-33,35-36,38-56H2,1-3H3,(H,62,65)/b19-16-,28-25-,37-34+. The Morgan fingerprint density at radius 1 is 0.433 bits per heavy atom. The van der Waals surface area contributed by atoms with Crippen molar-refractivity contribution < 1.29 is 24.5 Å². The van der Waals surface area contributed by atoms with Crippen molar-refractivity contribution in [2.24, 2.45) is 0 Å². The highest BCUT2D eigenvalue weighted by Gasteiger charge is 2.24. The van der Waals surface area contributed by atoms with E-state index < -0.39 is 18.2 Å². The van der Waals surface area contributed by atoms with E-state index in [4.69, 9.17) is 4.74 Å². The summed E-state index contributed by atoms with van der Waals surface area (Å²) in [7, 11) is 0. The molecule has 0 saturated carbocycles. The number of hydrogen-bond acceptors (Lipinski definition) is 5. The van der Waals surface area contributed by atoms with Crippen molar-refractivity contribution >= 4 is 11.9 Å². The maximum absolute atomic E-state index is 13.3. The van der Waals surface area contributed by atoms with Gasteiger partial charge in [-0.05, 0) is 83.5 Å². The summed E-state index contributed by atoms with van der Waals surface area (Å²) in [6.45, 7) is 6.49. The van der Waals surface area contributed by atoms with E-state index in [1.807, 2.05) is 0 Å². The van der Waals surface area contributed by atoms with Crippen LogP contribution in [0.2, 0.25) is 0 Å². The van der Waals surface area contributed by atoms with Gasteiger partial charge >= 0.3 is 5.97 Å². The van der Waals surface area contributed by atoms with Gasteiger partial charge in [0.2, 0.25) is 5.91 Å². The topological polar surface area (TPSA) is 95.9 Å². The van der Waals surface area contributed by atoms with E-state index in [1.54, 1.807) is 0 Å². The fraction of sp³-hybridized carbons (Fsp3) is 0.869. The summed E-state index contributed by atoms with van der Waals surface area (Å²) in [6, 6.07) is -0.706. The summed E-state index contributed by atoms with van der Waals surface area (Å²) < 4.78 is 5.96. The first-order valence-corrected chi connectivity index (χ1v) is 29.7. The Kier molecular flexibility index (Phi) is 53.4. The molecule has 0 aromatic rings. The molecule has 0 saturated heterocycles. The largest absolute Gasteiger partial charge is 0.462 e. The number of rotatable bonds is 54. The Bertz CT molecular complexity index is 1100. The molecule has 0 heterocycles. The summed E-state index contributed by atoms with van der Waals surface area (Å²) in [5.74, 6) is -0.479. The lowest BCUT2D eigenvalue weighted by Crippen LogP contribution is -2.46. The minimum atomic E-state index is -0.791. The number of carbonyl (C=O) groups is 2. The van der Waals surface area contributed by atoms with Gasteiger partial charge in [0.15, 0.2) is 0 Å². The lowest BCUT2D eigenvalue weighted by Gasteiger charge is -2.24. The Balaban J connectivity index is 4.52. The lowest BCUT2D eigenvalue weighted by molar-refractivity contribution is -0.151. The molecule has 0 aliphatic carbocycles. The first-order valence-electron chi connectivity index (χ1n) is 29.7. The van der Waals surface area contributed by atoms with Crippen molar-refractivity contribution in [2.45, 2.75) is 334 Å². The van der Waals surface area contributed by atoms with Crippen LogP contribution in [0.3, 0.4) is 0 Å². The van der Waals surface area contributed by atoms with Gasteiger partial charge in [-0.25, -0.2) is 0 Å². The molecule has 67 heavy (non-hydrogen) atoms. The van der Waals surface area contributed by atoms with Crippen LogP contribution in [0.1, 0.15) is 316 Å². The molecule has 0 aromatic carbocycles. The molecule has 3 N–H and O–H groups in total. The smallest absolute Gasteiger partial charge is 0.306 e. The zero-order valence-corrected chi connectivity index (χ0v) is 45.0. The van der Waals surface area contributed by atoms with E-state index in [0.29, 0.717) is 19.3 Å². The zero-order valence-electron chi connectivity index (χ0n) is 45.0. The first-order chi connectivity index (χ1) is 33.0. The summed E-state index contributed by atoms with van der Waals surface area (Å²) in [4.78, 5) is 26.3. The van der Waals surface area contributed by atoms with Gasteiger partial charge in [-0.1, -0.05) is 256 Å². The van der Waals surface area contributed by atoms with Crippen LogP contribution >= 0.6 is 0 Å². The second kappa shape index (κ2) is 55.0. The molecule has 6 heteroatoms. The molecule has 0 aliphatic rings. The van der Waals surface area contributed by atoms with E-state index in [0.717, 1.165) is 64.2 Å². The fourth-order valence-corrected chi connectivity index (χ4v) is 9.16. The maximum Gasteiger partial charge on any atom is 0.306 e. The number of aliphatic hydroxyl groups is 2. The van der Waals surface area contributed by atoms with Crippen LogP contribution in [0.5, 0.6) is 0 Å². The van der Waals surface area contributed by atoms with E-state index in [2.05, 4.69) is 62.5 Å². The van der Waals surface area contributed by atoms with Gasteiger partial charge in [0.25, 0.3) is 0 Å². The van der Waals surface area contributed by atoms with Crippen LogP contribution in [0, 0.1) is 0 Å². The minimum Gasteiger partial charge on any atom is -0.462 e. The minimum absolute atomic E-state index is 0.0685. The molecule has 0 radical (unpaired) electrons. The van der Waals surface area contributed by atoms with Crippen molar-refractivity contribution in [2.75, 3.05) is 6.61 Å². The van der Waals surface area contributed by atoms with Gasteiger partial charge in [-0.3, -0.25) is 9.59 Å². The Hall–Kier alpha value is -1.92. The molecule has 3 unspecified atom stereocenters. The highest BCUT2D eigenvalue weighted by molar-refractivity contribution is 5.77. The van der Waals surface area contributed by atoms with E-state index in [-0.39, 0.29) is 24.9 Å². The van der Waals surface area contributed by atoms with Gasteiger partial charge in [-0.2, -0.15) is 0 Å². The molecule has 394 valence electrons. The summed E-state index contributed by atoms with van der Waals surface area (Å²) in [6.07, 6.45) is 66.4. The summed E-state index contributed by atoms with van der Waals surface area (Å²) >= 11 is 0. The van der Waals surface area contributed by atoms with Gasteiger partial charge < -0.3 is 20.3 Å². The number of amides is 1. The monoisotopic (exact) mass is 942 g/mol. The van der Waals surface area contributed by atoms with Gasteiger partial charge in [-0.15, -0.1) is 0 Å². The highest BCUT2D eigenvalue weighted by Crippen LogP contribution is 2.18. The number of carbonyl (C=O) groups excluding carboxylic acids is 2. The SMILES string of the molecule is CCCCC/C=C\C/C=C\CCCCCCCCCCCC(=O)OC(CCCCC/C=C/CCCCCCCCC)CC(=O)NC(CO)C(O)CCCCCCCCCCCCCCCCC. The van der Waals surface area contributed by atoms with Crippen LogP contribution in [0.15, 0.2) is 36.5 Å². The predicted molar refractivity (Wildman–Crippen MR) is 292 cm³/mol. The number of ether oxygens (including phenoxy) is 1. The average Bonchev–Trinajstić information content (AvgIpc) is 3.32. The second-order valence-electron chi connectivity index (χ2n) is 20.4. The Morgan fingerprint density at radius 3 is 1.19 bits per heavy atom. The number of unbranched alkanes of at least 4 members (excludes halogenated alkanes) is 36. The number of aliphatic hydroxyl groups excluding tert-OH is 2. The fourth-order valence-electron chi connectivity index (χ4n) is 9.16. The third kappa shape index (κ3) is 50.3. The van der Waals surface area contributed by atoms with Gasteiger partial charge in [0.1, 0.15) is 6.10 Å². The van der Waals surface area contributed by atoms with Gasteiger partial charge in [0.05, 0.1) is 25.2 Å². The number of nitrogens with one attached hydrogen (secondary N) is 1. The van der Waals surface area contributed by atoms with E-state index in [1.165, 1.54) is 205 Å². The van der Waals surface area contributed by atoms with Crippen molar-refractivity contribution in [3.8, 4) is 0 Å². The van der Waals surface area contributed by atoms with Crippen molar-refractivity contribution in [3.05, 3.63) is 36.5 Å². The third-order valence-electron chi connectivity index (χ3n) is 13.7. The molecular formula is C61H115NO5. The molecule has 6 nitrogen and oxygen atoms in total. The number of allylic oxidation sites excluding steroid dienone is 6. The number of hydrogen-bond donors (Lipinski definition) is 3. The normalized spacial score (nSPS) is 13.3. The predicted octanol–water partition coefficient (Wildman–Crippen LogP) is 18.4. The molecule has 0 spiro atoms. The average molecular weight is 943 g/mol. The molecular weight excluding hydrogens is 827 g/mol. The second-order valence-corrected chi connectivity index (χ2v) is 20.4. The van der Waals surface area contributed by atoms with Crippen molar-refractivity contribution in [3.63, 3.8) is 0 Å². The highest BCUT2D eigenvalue weighted by atomic mass is 16.5. The molecule has 3 atom stereocenters. The lowest BCUT2D eigenvalue weighted by atomic mass is 10.0. The first kappa shape index (κ1) is 65.1. The zero-order chi connectivity index (χ0) is 48.8. The van der Waals surface area contributed by atoms with Crippen LogP contribution in [0.4, 0.5) is 0 Å². The molecule has 0 aromatic heterocycles. The van der Waals surface area contributed by atoms with Crippen LogP contribution < -0.4 is 5.32 Å². The molecule has 0 fully saturated rings. The maximum atomic E-state index is 13.3. The van der Waals surface area contributed by atoms with Crippen LogP contribution in [0.25, 0.3) is 0 Å². The third-order valence-corrected chi connectivity index (χ3v) is 13.7. The molecule has 0 rings (SSSR count). The quantitative estimate of drug-likeness (QED) is 0.0321. The molecule has 1 amide bonds.